The summed E-state index contributed by atoms with van der Waals surface area (Å²) in [5.74, 6) is 1.31. The lowest BCUT2D eigenvalue weighted by atomic mass is 10.1. The van der Waals surface area contributed by atoms with Gasteiger partial charge in [-0.2, -0.15) is 0 Å². The summed E-state index contributed by atoms with van der Waals surface area (Å²) in [6.45, 7) is 0.345. The summed E-state index contributed by atoms with van der Waals surface area (Å²) < 4.78 is 10.2. The summed E-state index contributed by atoms with van der Waals surface area (Å²) in [6.07, 6.45) is 0. The predicted octanol–water partition coefficient (Wildman–Crippen LogP) is 2.46. The quantitative estimate of drug-likeness (QED) is 0.892. The highest BCUT2D eigenvalue weighted by Gasteiger charge is 2.10. The first-order valence-electron chi connectivity index (χ1n) is 4.74. The van der Waals surface area contributed by atoms with E-state index in [0.717, 1.165) is 5.56 Å². The van der Waals surface area contributed by atoms with Crippen molar-refractivity contribution >= 4 is 11.6 Å². The molecule has 0 fully saturated rings. The van der Waals surface area contributed by atoms with Gasteiger partial charge in [-0.15, -0.1) is 0 Å². The molecular weight excluding hydrogens is 228 g/mol. The molecule has 84 valence electrons. The van der Waals surface area contributed by atoms with E-state index in [1.807, 2.05) is 12.1 Å². The average Bonchev–Trinajstić information content (AvgIpc) is 2.77. The molecule has 2 N–H and O–H groups in total. The molecule has 2 rings (SSSR count). The molecule has 0 bridgehead atoms. The van der Waals surface area contributed by atoms with Crippen molar-refractivity contribution in [2.24, 2.45) is 5.73 Å². The van der Waals surface area contributed by atoms with E-state index in [2.05, 4.69) is 5.16 Å². The molecule has 0 aliphatic carbocycles. The smallest absolute Gasteiger partial charge is 0.168 e. The minimum Gasteiger partial charge on any atom is -0.497 e. The van der Waals surface area contributed by atoms with Gasteiger partial charge in [0.1, 0.15) is 5.75 Å². The maximum Gasteiger partial charge on any atom is 0.168 e. The van der Waals surface area contributed by atoms with Crippen LogP contribution in [0.1, 0.15) is 5.69 Å². The third-order valence-corrected chi connectivity index (χ3v) is 2.52. The van der Waals surface area contributed by atoms with Crippen molar-refractivity contribution in [1.82, 2.24) is 5.16 Å². The summed E-state index contributed by atoms with van der Waals surface area (Å²) in [5, 5.41) is 4.36. The highest BCUT2D eigenvalue weighted by molar-refractivity contribution is 6.33. The van der Waals surface area contributed by atoms with E-state index >= 15 is 0 Å². The number of halogens is 1. The topological polar surface area (TPSA) is 61.3 Å². The normalized spacial score (nSPS) is 10.4. The number of methoxy groups -OCH3 is 1. The Bertz CT molecular complexity index is 496. The van der Waals surface area contributed by atoms with E-state index in [9.17, 15) is 0 Å². The van der Waals surface area contributed by atoms with Crippen LogP contribution >= 0.6 is 11.6 Å². The molecule has 0 atom stereocenters. The molecule has 0 aliphatic heterocycles. The van der Waals surface area contributed by atoms with Gasteiger partial charge < -0.3 is 15.0 Å². The van der Waals surface area contributed by atoms with Crippen molar-refractivity contribution in [3.8, 4) is 17.1 Å². The van der Waals surface area contributed by atoms with E-state index in [-0.39, 0.29) is 0 Å². The Kier molecular flexibility index (Phi) is 3.12. The molecule has 4 nitrogen and oxygen atoms in total. The van der Waals surface area contributed by atoms with Gasteiger partial charge in [0.2, 0.25) is 0 Å². The zero-order valence-electron chi connectivity index (χ0n) is 8.74. The van der Waals surface area contributed by atoms with Gasteiger partial charge in [0, 0.05) is 18.2 Å². The van der Waals surface area contributed by atoms with Crippen LogP contribution in [0.3, 0.4) is 0 Å². The second kappa shape index (κ2) is 4.55. The van der Waals surface area contributed by atoms with Crippen molar-refractivity contribution < 1.29 is 9.26 Å². The lowest BCUT2D eigenvalue weighted by molar-refractivity contribution is 0.414. The van der Waals surface area contributed by atoms with Gasteiger partial charge in [-0.25, -0.2) is 0 Å². The first-order valence-corrected chi connectivity index (χ1v) is 5.12. The average molecular weight is 239 g/mol. The Balaban J connectivity index is 2.40. The third-order valence-electron chi connectivity index (χ3n) is 2.21. The van der Waals surface area contributed by atoms with Crippen LogP contribution in [0, 0.1) is 0 Å². The molecule has 0 aliphatic rings. The number of nitrogens with two attached hydrogens (primary N) is 1. The largest absolute Gasteiger partial charge is 0.497 e. The van der Waals surface area contributed by atoms with Gasteiger partial charge in [-0.3, -0.25) is 0 Å². The van der Waals surface area contributed by atoms with Gasteiger partial charge in [0.05, 0.1) is 17.8 Å². The summed E-state index contributed by atoms with van der Waals surface area (Å²) >= 11 is 6.10. The number of benzene rings is 1. The van der Waals surface area contributed by atoms with E-state index in [1.54, 1.807) is 19.2 Å². The van der Waals surface area contributed by atoms with Crippen LogP contribution in [0.2, 0.25) is 5.02 Å². The fraction of sp³-hybridized carbons (Fsp3) is 0.182. The Morgan fingerprint density at radius 3 is 2.81 bits per heavy atom. The fourth-order valence-corrected chi connectivity index (χ4v) is 1.62. The second-order valence-electron chi connectivity index (χ2n) is 3.23. The van der Waals surface area contributed by atoms with Crippen molar-refractivity contribution in [3.63, 3.8) is 0 Å². The number of hydrogen-bond donors (Lipinski definition) is 1. The van der Waals surface area contributed by atoms with Crippen LogP contribution in [0.15, 0.2) is 28.8 Å². The maximum atomic E-state index is 6.10. The van der Waals surface area contributed by atoms with Gasteiger partial charge >= 0.3 is 0 Å². The minimum atomic E-state index is 0.345. The monoisotopic (exact) mass is 238 g/mol. The summed E-state index contributed by atoms with van der Waals surface area (Å²) in [7, 11) is 1.59. The van der Waals surface area contributed by atoms with Crippen LogP contribution < -0.4 is 10.5 Å². The van der Waals surface area contributed by atoms with Gasteiger partial charge in [-0.1, -0.05) is 16.8 Å². The highest BCUT2D eigenvalue weighted by Crippen LogP contribution is 2.31. The van der Waals surface area contributed by atoms with Crippen LogP contribution in [-0.4, -0.2) is 12.3 Å². The number of rotatable bonds is 3. The third kappa shape index (κ3) is 2.03. The maximum absolute atomic E-state index is 6.10. The van der Waals surface area contributed by atoms with E-state index in [0.29, 0.717) is 28.8 Å². The van der Waals surface area contributed by atoms with Crippen molar-refractivity contribution in [1.29, 1.82) is 0 Å². The molecule has 0 spiro atoms. The predicted molar refractivity (Wildman–Crippen MR) is 61.4 cm³/mol. The van der Waals surface area contributed by atoms with Crippen molar-refractivity contribution in [3.05, 3.63) is 35.0 Å². The molecule has 5 heteroatoms. The van der Waals surface area contributed by atoms with Crippen LogP contribution in [-0.2, 0) is 6.54 Å². The molecule has 0 amide bonds. The fourth-order valence-electron chi connectivity index (χ4n) is 1.36. The molecular formula is C11H11ClN2O2. The second-order valence-corrected chi connectivity index (χ2v) is 3.64. The Labute approximate surface area is 97.9 Å². The minimum absolute atomic E-state index is 0.345. The number of nitrogens with zero attached hydrogens (tertiary/aromatic N) is 1. The van der Waals surface area contributed by atoms with Crippen LogP contribution in [0.25, 0.3) is 11.3 Å². The summed E-state index contributed by atoms with van der Waals surface area (Å²) in [5.41, 5.74) is 6.92. The molecule has 0 radical (unpaired) electrons. The Morgan fingerprint density at radius 1 is 1.44 bits per heavy atom. The Hall–Kier alpha value is -1.52. The standard InChI is InChI=1S/C11H11ClN2O2/c1-15-8-2-3-9(10(12)5-8)11-4-7(6-13)14-16-11/h2-5H,6,13H2,1H3. The number of ether oxygens (including phenoxy) is 1. The first kappa shape index (κ1) is 11.0. The van der Waals surface area contributed by atoms with Gasteiger partial charge in [-0.05, 0) is 18.2 Å². The van der Waals surface area contributed by atoms with E-state index in [4.69, 9.17) is 26.6 Å². The lowest BCUT2D eigenvalue weighted by Gasteiger charge is -2.03. The van der Waals surface area contributed by atoms with Crippen molar-refractivity contribution in [2.45, 2.75) is 6.54 Å². The summed E-state index contributed by atoms with van der Waals surface area (Å²) in [6, 6.07) is 7.13. The molecule has 1 heterocycles. The van der Waals surface area contributed by atoms with Crippen molar-refractivity contribution in [2.75, 3.05) is 7.11 Å². The summed E-state index contributed by atoms with van der Waals surface area (Å²) in [4.78, 5) is 0. The Morgan fingerprint density at radius 2 is 2.25 bits per heavy atom. The molecule has 0 saturated heterocycles. The van der Waals surface area contributed by atoms with E-state index in [1.165, 1.54) is 0 Å². The highest BCUT2D eigenvalue weighted by atomic mass is 35.5. The zero-order valence-corrected chi connectivity index (χ0v) is 9.49. The van der Waals surface area contributed by atoms with Crippen LogP contribution in [0.5, 0.6) is 5.75 Å². The molecule has 16 heavy (non-hydrogen) atoms. The lowest BCUT2D eigenvalue weighted by Crippen LogP contribution is -1.94. The number of aromatic nitrogens is 1. The van der Waals surface area contributed by atoms with Crippen LogP contribution in [0.4, 0.5) is 0 Å². The van der Waals surface area contributed by atoms with Gasteiger partial charge in [0.25, 0.3) is 0 Å². The van der Waals surface area contributed by atoms with Gasteiger partial charge in [0.15, 0.2) is 5.76 Å². The van der Waals surface area contributed by atoms with E-state index < -0.39 is 0 Å². The first-order chi connectivity index (χ1) is 7.74. The molecule has 1 aromatic carbocycles. The number of hydrogen-bond acceptors (Lipinski definition) is 4. The molecule has 0 unspecified atom stereocenters. The molecule has 2 aromatic rings. The zero-order chi connectivity index (χ0) is 11.5. The molecule has 1 aromatic heterocycles. The SMILES string of the molecule is COc1ccc(-c2cc(CN)no2)c(Cl)c1. The molecule has 0 saturated carbocycles.